The number of hydrogen-bond donors (Lipinski definition) is 1. The fourth-order valence-corrected chi connectivity index (χ4v) is 2.06. The van der Waals surface area contributed by atoms with E-state index >= 15 is 0 Å². The van der Waals surface area contributed by atoms with Crippen LogP contribution in [0.1, 0.15) is 26.2 Å². The maximum absolute atomic E-state index is 10.8. The van der Waals surface area contributed by atoms with Gasteiger partial charge in [-0.2, -0.15) is 0 Å². The molecule has 1 aliphatic rings. The van der Waals surface area contributed by atoms with Gasteiger partial charge in [0.2, 0.25) is 0 Å². The first-order valence-corrected chi connectivity index (χ1v) is 6.34. The molecule has 1 aliphatic carbocycles. The van der Waals surface area contributed by atoms with Gasteiger partial charge in [0.15, 0.2) is 5.75 Å². The van der Waals surface area contributed by atoms with E-state index < -0.39 is 4.92 Å². The summed E-state index contributed by atoms with van der Waals surface area (Å²) in [6, 6.07) is 4.62. The van der Waals surface area contributed by atoms with Crippen LogP contribution in [0.3, 0.4) is 0 Å². The molecule has 0 aliphatic heterocycles. The van der Waals surface area contributed by atoms with Crippen molar-refractivity contribution >= 4 is 11.4 Å². The lowest BCUT2D eigenvalue weighted by molar-refractivity contribution is -0.385. The molecule has 0 atom stereocenters. The van der Waals surface area contributed by atoms with Crippen LogP contribution >= 0.6 is 0 Å². The summed E-state index contributed by atoms with van der Waals surface area (Å²) in [4.78, 5) is 12.4. The topological polar surface area (TPSA) is 66.6 Å². The highest BCUT2D eigenvalue weighted by molar-refractivity contribution is 5.59. The summed E-state index contributed by atoms with van der Waals surface area (Å²) >= 11 is 0. The van der Waals surface area contributed by atoms with E-state index in [0.29, 0.717) is 0 Å². The van der Waals surface area contributed by atoms with E-state index in [-0.39, 0.29) is 11.4 Å². The lowest BCUT2D eigenvalue weighted by Gasteiger charge is -2.24. The van der Waals surface area contributed by atoms with Gasteiger partial charge in [-0.05, 0) is 37.3 Å². The summed E-state index contributed by atoms with van der Waals surface area (Å²) in [6.45, 7) is 3.93. The van der Waals surface area contributed by atoms with Gasteiger partial charge >= 0.3 is 5.69 Å². The van der Waals surface area contributed by atoms with Crippen molar-refractivity contribution in [3.05, 3.63) is 28.3 Å². The zero-order valence-corrected chi connectivity index (χ0v) is 10.5. The van der Waals surface area contributed by atoms with Gasteiger partial charge in [0, 0.05) is 24.8 Å². The number of phenolic OH excluding ortho intramolecular Hbond substituents is 1. The molecule has 0 radical (unpaired) electrons. The highest BCUT2D eigenvalue weighted by Gasteiger charge is 2.25. The predicted octanol–water partition coefficient (Wildman–Crippen LogP) is 2.93. The number of rotatable bonds is 6. The van der Waals surface area contributed by atoms with E-state index in [9.17, 15) is 15.2 Å². The van der Waals surface area contributed by atoms with Crippen LogP contribution < -0.4 is 4.90 Å². The van der Waals surface area contributed by atoms with Gasteiger partial charge < -0.3 is 10.0 Å². The maximum atomic E-state index is 10.8. The summed E-state index contributed by atoms with van der Waals surface area (Å²) < 4.78 is 0. The van der Waals surface area contributed by atoms with Gasteiger partial charge in [-0.1, -0.05) is 6.92 Å². The van der Waals surface area contributed by atoms with Gasteiger partial charge in [0.05, 0.1) is 4.92 Å². The van der Waals surface area contributed by atoms with E-state index in [1.54, 1.807) is 6.07 Å². The zero-order chi connectivity index (χ0) is 13.1. The minimum Gasteiger partial charge on any atom is -0.502 e. The van der Waals surface area contributed by atoms with Gasteiger partial charge in [0.25, 0.3) is 0 Å². The molecule has 1 aromatic rings. The highest BCUT2D eigenvalue weighted by Crippen LogP contribution is 2.34. The molecule has 1 aromatic carbocycles. The molecule has 5 heteroatoms. The summed E-state index contributed by atoms with van der Waals surface area (Å²) in [5.41, 5.74) is 0.609. The minimum absolute atomic E-state index is 0.218. The fourth-order valence-electron chi connectivity index (χ4n) is 2.06. The normalized spacial score (nSPS) is 14.5. The Kier molecular flexibility index (Phi) is 3.69. The maximum Gasteiger partial charge on any atom is 0.312 e. The lowest BCUT2D eigenvalue weighted by Crippen LogP contribution is -2.26. The second kappa shape index (κ2) is 5.25. The van der Waals surface area contributed by atoms with Crippen molar-refractivity contribution < 1.29 is 10.0 Å². The third-order valence-corrected chi connectivity index (χ3v) is 3.19. The van der Waals surface area contributed by atoms with Crippen molar-refractivity contribution in [1.29, 1.82) is 0 Å². The quantitative estimate of drug-likeness (QED) is 0.622. The molecule has 0 aromatic heterocycles. The third-order valence-electron chi connectivity index (χ3n) is 3.19. The molecule has 0 unspecified atom stereocenters. The molecule has 18 heavy (non-hydrogen) atoms. The number of phenols is 1. The number of nitrogens with zero attached hydrogens (tertiary/aromatic N) is 2. The molecular weight excluding hydrogens is 232 g/mol. The molecule has 2 rings (SSSR count). The Morgan fingerprint density at radius 3 is 2.78 bits per heavy atom. The average Bonchev–Trinajstić information content (AvgIpc) is 3.13. The molecule has 0 amide bonds. The van der Waals surface area contributed by atoms with E-state index in [4.69, 9.17) is 0 Å². The van der Waals surface area contributed by atoms with Crippen molar-refractivity contribution in [2.24, 2.45) is 5.92 Å². The van der Waals surface area contributed by atoms with Crippen molar-refractivity contribution in [2.45, 2.75) is 26.2 Å². The number of aromatic hydroxyl groups is 1. The van der Waals surface area contributed by atoms with E-state index in [2.05, 4.69) is 11.8 Å². The summed E-state index contributed by atoms with van der Waals surface area (Å²) in [5, 5.41) is 20.3. The molecule has 0 spiro atoms. The molecule has 0 bridgehead atoms. The van der Waals surface area contributed by atoms with E-state index in [0.717, 1.165) is 31.1 Å². The zero-order valence-electron chi connectivity index (χ0n) is 10.5. The van der Waals surface area contributed by atoms with Gasteiger partial charge in [-0.15, -0.1) is 0 Å². The number of anilines is 1. The Morgan fingerprint density at radius 1 is 1.50 bits per heavy atom. The van der Waals surface area contributed by atoms with Gasteiger partial charge in [-0.3, -0.25) is 10.1 Å². The largest absolute Gasteiger partial charge is 0.502 e. The number of benzene rings is 1. The van der Waals surface area contributed by atoms with Crippen molar-refractivity contribution in [3.8, 4) is 5.75 Å². The Bertz CT molecular complexity index is 444. The molecule has 1 saturated carbocycles. The smallest absolute Gasteiger partial charge is 0.312 e. The van der Waals surface area contributed by atoms with Crippen LogP contribution in [-0.4, -0.2) is 23.1 Å². The molecule has 0 saturated heterocycles. The minimum atomic E-state index is -0.542. The summed E-state index contributed by atoms with van der Waals surface area (Å²) in [6.07, 6.45) is 3.50. The molecular formula is C13H18N2O3. The number of hydrogen-bond acceptors (Lipinski definition) is 4. The second-order valence-electron chi connectivity index (χ2n) is 4.82. The first-order chi connectivity index (χ1) is 8.61. The van der Waals surface area contributed by atoms with Crippen LogP contribution in [0.15, 0.2) is 18.2 Å². The predicted molar refractivity (Wildman–Crippen MR) is 70.0 cm³/mol. The first kappa shape index (κ1) is 12.7. The first-order valence-electron chi connectivity index (χ1n) is 6.34. The standard InChI is InChI=1S/C13H18N2O3/c1-2-7-14(9-10-3-4-10)11-5-6-13(16)12(8-11)15(17)18/h5-6,8,10,16H,2-4,7,9H2,1H3. The second-order valence-corrected chi connectivity index (χ2v) is 4.82. The lowest BCUT2D eigenvalue weighted by atomic mass is 10.2. The van der Waals surface area contributed by atoms with Gasteiger partial charge in [0.1, 0.15) is 0 Å². The number of nitro groups is 1. The SMILES string of the molecule is CCCN(CC1CC1)c1ccc(O)c([N+](=O)[O-])c1. The summed E-state index contributed by atoms with van der Waals surface area (Å²) in [5.74, 6) is 0.455. The third kappa shape index (κ3) is 2.91. The fraction of sp³-hybridized carbons (Fsp3) is 0.538. The molecule has 98 valence electrons. The van der Waals surface area contributed by atoms with Crippen LogP contribution in [0, 0.1) is 16.0 Å². The molecule has 0 heterocycles. The Morgan fingerprint density at radius 2 is 2.22 bits per heavy atom. The Labute approximate surface area is 106 Å². The van der Waals surface area contributed by atoms with Crippen molar-refractivity contribution in [2.75, 3.05) is 18.0 Å². The molecule has 5 nitrogen and oxygen atoms in total. The van der Waals surface area contributed by atoms with Crippen molar-refractivity contribution in [3.63, 3.8) is 0 Å². The molecule has 1 fully saturated rings. The highest BCUT2D eigenvalue weighted by atomic mass is 16.6. The summed E-state index contributed by atoms with van der Waals surface area (Å²) in [7, 11) is 0. The van der Waals surface area contributed by atoms with Gasteiger partial charge in [-0.25, -0.2) is 0 Å². The monoisotopic (exact) mass is 250 g/mol. The van der Waals surface area contributed by atoms with E-state index in [1.165, 1.54) is 25.0 Å². The Balaban J connectivity index is 2.22. The van der Waals surface area contributed by atoms with Crippen LogP contribution in [-0.2, 0) is 0 Å². The van der Waals surface area contributed by atoms with E-state index in [1.807, 2.05) is 0 Å². The van der Waals surface area contributed by atoms with Crippen LogP contribution in [0.5, 0.6) is 5.75 Å². The Hall–Kier alpha value is -1.78. The number of nitro benzene ring substituents is 1. The van der Waals surface area contributed by atoms with Crippen LogP contribution in [0.2, 0.25) is 0 Å². The molecule has 1 N–H and O–H groups in total. The average molecular weight is 250 g/mol. The van der Waals surface area contributed by atoms with Crippen LogP contribution in [0.25, 0.3) is 0 Å². The van der Waals surface area contributed by atoms with Crippen LogP contribution in [0.4, 0.5) is 11.4 Å². The van der Waals surface area contributed by atoms with Crippen molar-refractivity contribution in [1.82, 2.24) is 0 Å².